The zero-order valence-corrected chi connectivity index (χ0v) is 6.42. The molecule has 0 amide bonds. The first-order valence-corrected chi connectivity index (χ1v) is 4.21. The van der Waals surface area contributed by atoms with Gasteiger partial charge in [0.05, 0.1) is 0 Å². The van der Waals surface area contributed by atoms with Crippen molar-refractivity contribution in [3.05, 3.63) is 0 Å². The molecule has 1 atom stereocenters. The highest BCUT2D eigenvalue weighted by atomic mass is 16.4. The van der Waals surface area contributed by atoms with Gasteiger partial charge >= 0.3 is 5.97 Å². The summed E-state index contributed by atoms with van der Waals surface area (Å²) >= 11 is 0. The van der Waals surface area contributed by atoms with Crippen LogP contribution in [0.2, 0.25) is 0 Å². The second-order valence-electron chi connectivity index (χ2n) is 3.69. The molecular formula is C8H13NO2. The van der Waals surface area contributed by atoms with Crippen LogP contribution in [-0.2, 0) is 4.79 Å². The number of carboxylic acid groups (broad SMARTS) is 1. The van der Waals surface area contributed by atoms with Crippen LogP contribution in [0.3, 0.4) is 0 Å². The number of nitrogens with one attached hydrogen (secondary N) is 1. The van der Waals surface area contributed by atoms with Gasteiger partial charge in [-0.2, -0.15) is 0 Å². The van der Waals surface area contributed by atoms with Crippen LogP contribution in [0.5, 0.6) is 0 Å². The Morgan fingerprint density at radius 1 is 1.55 bits per heavy atom. The van der Waals surface area contributed by atoms with Crippen LogP contribution in [0.4, 0.5) is 0 Å². The van der Waals surface area contributed by atoms with Gasteiger partial charge in [-0.15, -0.1) is 0 Å². The molecule has 1 aliphatic carbocycles. The number of carbonyl (C=O) groups is 1. The fourth-order valence-corrected chi connectivity index (χ4v) is 2.16. The summed E-state index contributed by atoms with van der Waals surface area (Å²) in [6.07, 6.45) is 2.76. The van der Waals surface area contributed by atoms with E-state index in [4.69, 9.17) is 5.11 Å². The summed E-state index contributed by atoms with van der Waals surface area (Å²) in [6, 6.07) is 0.713. The van der Waals surface area contributed by atoms with Gasteiger partial charge in [-0.3, -0.25) is 4.79 Å². The molecule has 3 fully saturated rings. The van der Waals surface area contributed by atoms with Gasteiger partial charge in [0.1, 0.15) is 0 Å². The van der Waals surface area contributed by atoms with Crippen LogP contribution in [-0.4, -0.2) is 23.7 Å². The molecule has 3 rings (SSSR count). The molecule has 62 valence electrons. The summed E-state index contributed by atoms with van der Waals surface area (Å²) in [5.74, 6) is 0.456. The van der Waals surface area contributed by atoms with Crippen molar-refractivity contribution in [2.75, 3.05) is 6.54 Å². The predicted molar refractivity (Wildman–Crippen MR) is 40.3 cm³/mol. The molecular weight excluding hydrogens is 142 g/mol. The lowest BCUT2D eigenvalue weighted by atomic mass is 9.68. The Labute approximate surface area is 65.8 Å². The van der Waals surface area contributed by atoms with Gasteiger partial charge in [-0.25, -0.2) is 0 Å². The van der Waals surface area contributed by atoms with Gasteiger partial charge in [0.25, 0.3) is 0 Å². The van der Waals surface area contributed by atoms with Crippen LogP contribution in [0.1, 0.15) is 19.3 Å². The minimum atomic E-state index is -0.651. The summed E-state index contributed by atoms with van der Waals surface area (Å²) in [4.78, 5) is 10.4. The molecule has 0 spiro atoms. The van der Waals surface area contributed by atoms with E-state index in [1.807, 2.05) is 0 Å². The van der Waals surface area contributed by atoms with Gasteiger partial charge < -0.3 is 10.4 Å². The van der Waals surface area contributed by atoms with Gasteiger partial charge in [0, 0.05) is 12.5 Å². The Balaban J connectivity index is 1.88. The van der Waals surface area contributed by atoms with E-state index in [-0.39, 0.29) is 0 Å². The normalized spacial score (nSPS) is 41.3. The first-order chi connectivity index (χ1) is 5.25. The molecule has 3 aliphatic rings. The molecule has 3 heteroatoms. The third-order valence-corrected chi connectivity index (χ3v) is 2.95. The topological polar surface area (TPSA) is 49.3 Å². The van der Waals surface area contributed by atoms with Crippen molar-refractivity contribution in [1.82, 2.24) is 5.32 Å². The SMILES string of the molecule is O=C(O)CC1CNC2CC1C2. The average Bonchev–Trinajstić information content (AvgIpc) is 1.83. The van der Waals surface area contributed by atoms with Crippen LogP contribution in [0.25, 0.3) is 0 Å². The maximum absolute atomic E-state index is 10.4. The first-order valence-electron chi connectivity index (χ1n) is 4.21. The lowest BCUT2D eigenvalue weighted by Gasteiger charge is -2.47. The molecule has 0 radical (unpaired) electrons. The Morgan fingerprint density at radius 3 is 2.73 bits per heavy atom. The molecule has 11 heavy (non-hydrogen) atoms. The average molecular weight is 155 g/mol. The van der Waals surface area contributed by atoms with E-state index in [0.29, 0.717) is 24.3 Å². The quantitative estimate of drug-likeness (QED) is 0.609. The predicted octanol–water partition coefficient (Wildman–Crippen LogP) is 0.459. The van der Waals surface area contributed by atoms with Gasteiger partial charge in [0.2, 0.25) is 0 Å². The highest BCUT2D eigenvalue weighted by molar-refractivity contribution is 5.67. The van der Waals surface area contributed by atoms with E-state index in [9.17, 15) is 4.79 Å². The molecule has 0 aromatic heterocycles. The number of carboxylic acids is 1. The molecule has 2 bridgehead atoms. The number of fused-ring (bicyclic) bond motifs is 2. The summed E-state index contributed by atoms with van der Waals surface area (Å²) < 4.78 is 0. The second kappa shape index (κ2) is 2.48. The van der Waals surface area contributed by atoms with Crippen molar-refractivity contribution < 1.29 is 9.90 Å². The third-order valence-electron chi connectivity index (χ3n) is 2.95. The molecule has 1 saturated carbocycles. The van der Waals surface area contributed by atoms with Crippen molar-refractivity contribution >= 4 is 5.97 Å². The number of piperidine rings is 2. The number of rotatable bonds is 2. The summed E-state index contributed by atoms with van der Waals surface area (Å²) in [7, 11) is 0. The zero-order valence-electron chi connectivity index (χ0n) is 6.42. The van der Waals surface area contributed by atoms with Crippen molar-refractivity contribution in [3.8, 4) is 0 Å². The Hall–Kier alpha value is -0.570. The standard InChI is InChI=1S/C8H13NO2/c10-8(11)3-6-4-9-7-1-5(6)2-7/h5-7,9H,1-4H2,(H,10,11). The van der Waals surface area contributed by atoms with Crippen molar-refractivity contribution in [3.63, 3.8) is 0 Å². The molecule has 2 heterocycles. The van der Waals surface area contributed by atoms with Crippen LogP contribution in [0.15, 0.2) is 0 Å². The van der Waals surface area contributed by atoms with Gasteiger partial charge in [0.15, 0.2) is 0 Å². The Morgan fingerprint density at radius 2 is 2.27 bits per heavy atom. The maximum atomic E-state index is 10.4. The highest BCUT2D eigenvalue weighted by Crippen LogP contribution is 2.39. The number of aliphatic carboxylic acids is 1. The van der Waals surface area contributed by atoms with E-state index in [1.54, 1.807) is 0 Å². The fraction of sp³-hybridized carbons (Fsp3) is 0.875. The van der Waals surface area contributed by atoms with Crippen molar-refractivity contribution in [1.29, 1.82) is 0 Å². The first kappa shape index (κ1) is 7.10. The van der Waals surface area contributed by atoms with Crippen LogP contribution < -0.4 is 5.32 Å². The van der Waals surface area contributed by atoms with Crippen LogP contribution >= 0.6 is 0 Å². The largest absolute Gasteiger partial charge is 0.481 e. The van der Waals surface area contributed by atoms with Crippen LogP contribution in [0, 0.1) is 11.8 Å². The minimum Gasteiger partial charge on any atom is -0.481 e. The molecule has 3 nitrogen and oxygen atoms in total. The molecule has 2 saturated heterocycles. The molecule has 1 unspecified atom stereocenters. The zero-order chi connectivity index (χ0) is 7.84. The van der Waals surface area contributed by atoms with Crippen molar-refractivity contribution in [2.24, 2.45) is 11.8 Å². The second-order valence-corrected chi connectivity index (χ2v) is 3.69. The molecule has 0 aromatic rings. The van der Waals surface area contributed by atoms with Gasteiger partial charge in [-0.05, 0) is 31.2 Å². The van der Waals surface area contributed by atoms with E-state index in [1.165, 1.54) is 12.8 Å². The maximum Gasteiger partial charge on any atom is 0.303 e. The molecule has 2 aliphatic heterocycles. The fourth-order valence-electron chi connectivity index (χ4n) is 2.16. The number of hydrogen-bond acceptors (Lipinski definition) is 2. The van der Waals surface area contributed by atoms with E-state index in [0.717, 1.165) is 6.54 Å². The third kappa shape index (κ3) is 1.25. The van der Waals surface area contributed by atoms with E-state index in [2.05, 4.69) is 5.32 Å². The summed E-state index contributed by atoms with van der Waals surface area (Å²) in [5, 5.41) is 11.9. The van der Waals surface area contributed by atoms with E-state index < -0.39 is 5.97 Å². The minimum absolute atomic E-state index is 0.352. The Bertz CT molecular complexity index is 172. The van der Waals surface area contributed by atoms with Crippen molar-refractivity contribution in [2.45, 2.75) is 25.3 Å². The Kier molecular flexibility index (Phi) is 1.60. The van der Waals surface area contributed by atoms with Gasteiger partial charge in [-0.1, -0.05) is 0 Å². The molecule has 2 N–H and O–H groups in total. The number of hydrogen-bond donors (Lipinski definition) is 2. The highest BCUT2D eigenvalue weighted by Gasteiger charge is 2.40. The van der Waals surface area contributed by atoms with E-state index >= 15 is 0 Å². The monoisotopic (exact) mass is 155 g/mol. The lowest BCUT2D eigenvalue weighted by molar-refractivity contribution is -0.139. The summed E-state index contributed by atoms with van der Waals surface area (Å²) in [6.45, 7) is 0.918. The molecule has 0 aromatic carbocycles. The summed E-state index contributed by atoms with van der Waals surface area (Å²) in [5.41, 5.74) is 0. The smallest absolute Gasteiger partial charge is 0.303 e. The lowest BCUT2D eigenvalue weighted by Crippen LogP contribution is -2.54.